The average molecular weight is 484 g/mol. The van der Waals surface area contributed by atoms with Gasteiger partial charge in [-0.1, -0.05) is 11.8 Å². The van der Waals surface area contributed by atoms with Gasteiger partial charge in [0.2, 0.25) is 5.91 Å². The first-order valence-corrected chi connectivity index (χ1v) is 12.0. The summed E-state index contributed by atoms with van der Waals surface area (Å²) in [7, 11) is 0. The summed E-state index contributed by atoms with van der Waals surface area (Å²) in [6, 6.07) is 13.0. The minimum atomic E-state index is -0.312. The normalized spacial score (nSPS) is 14.2. The summed E-state index contributed by atoms with van der Waals surface area (Å²) in [5.41, 5.74) is 1.96. The van der Waals surface area contributed by atoms with E-state index in [0.717, 1.165) is 25.2 Å². The van der Waals surface area contributed by atoms with Crippen molar-refractivity contribution in [3.8, 4) is 11.4 Å². The second-order valence-corrected chi connectivity index (χ2v) is 8.83. The number of ketones is 1. The van der Waals surface area contributed by atoms with Crippen molar-refractivity contribution in [3.63, 3.8) is 0 Å². The van der Waals surface area contributed by atoms with Gasteiger partial charge in [-0.25, -0.2) is 4.39 Å². The number of rotatable bonds is 9. The molecule has 1 N–H and O–H groups in total. The number of halogens is 1. The molecule has 1 aromatic heterocycles. The number of amides is 1. The van der Waals surface area contributed by atoms with Crippen molar-refractivity contribution in [1.82, 2.24) is 19.7 Å². The summed E-state index contributed by atoms with van der Waals surface area (Å²) in [5, 5.41) is 12.0. The van der Waals surface area contributed by atoms with Gasteiger partial charge in [0, 0.05) is 49.9 Å². The molecule has 1 aliphatic heterocycles. The molecule has 3 aromatic rings. The lowest BCUT2D eigenvalue weighted by Gasteiger charge is -2.27. The molecule has 0 aliphatic carbocycles. The Morgan fingerprint density at radius 1 is 1.03 bits per heavy atom. The zero-order valence-corrected chi connectivity index (χ0v) is 19.7. The molecule has 0 atom stereocenters. The first-order valence-electron chi connectivity index (χ1n) is 11.0. The van der Waals surface area contributed by atoms with Crippen LogP contribution in [0.4, 0.5) is 10.1 Å². The average Bonchev–Trinajstić information content (AvgIpc) is 3.25. The molecule has 2 heterocycles. The summed E-state index contributed by atoms with van der Waals surface area (Å²) < 4.78 is 20.8. The van der Waals surface area contributed by atoms with Crippen LogP contribution in [0.2, 0.25) is 0 Å². The van der Waals surface area contributed by atoms with E-state index in [1.807, 2.05) is 4.57 Å². The Hall–Kier alpha value is -3.08. The molecule has 0 saturated carbocycles. The van der Waals surface area contributed by atoms with E-state index in [1.54, 1.807) is 36.4 Å². The topological polar surface area (TPSA) is 89.3 Å². The SMILES string of the molecule is CC(=O)Nc1ccc(C(=O)CSc2nnc(-c3ccc(F)cc3)n2CCN2CCOCC2)cc1. The Labute approximate surface area is 201 Å². The molecular formula is C24H26FN5O3S. The van der Waals surface area contributed by atoms with Crippen LogP contribution < -0.4 is 5.32 Å². The molecular weight excluding hydrogens is 457 g/mol. The first kappa shape index (κ1) is 24.1. The van der Waals surface area contributed by atoms with Gasteiger partial charge in [0.05, 0.1) is 19.0 Å². The molecule has 2 aromatic carbocycles. The number of benzene rings is 2. The van der Waals surface area contributed by atoms with Crippen molar-refractivity contribution in [2.75, 3.05) is 43.9 Å². The highest BCUT2D eigenvalue weighted by Crippen LogP contribution is 2.25. The van der Waals surface area contributed by atoms with Crippen LogP contribution in [0, 0.1) is 5.82 Å². The van der Waals surface area contributed by atoms with Gasteiger partial charge >= 0.3 is 0 Å². The quantitative estimate of drug-likeness (QED) is 0.369. The summed E-state index contributed by atoms with van der Waals surface area (Å²) in [4.78, 5) is 26.2. The fraction of sp³-hybridized carbons (Fsp3) is 0.333. The first-order chi connectivity index (χ1) is 16.5. The van der Waals surface area contributed by atoms with E-state index in [2.05, 4.69) is 20.4 Å². The molecule has 4 rings (SSSR count). The van der Waals surface area contributed by atoms with Crippen molar-refractivity contribution in [2.45, 2.75) is 18.6 Å². The fourth-order valence-electron chi connectivity index (χ4n) is 3.63. The molecule has 8 nitrogen and oxygen atoms in total. The summed E-state index contributed by atoms with van der Waals surface area (Å²) >= 11 is 1.32. The predicted octanol–water partition coefficient (Wildman–Crippen LogP) is 3.35. The Morgan fingerprint density at radius 3 is 2.41 bits per heavy atom. The maximum Gasteiger partial charge on any atom is 0.221 e. The van der Waals surface area contributed by atoms with E-state index in [-0.39, 0.29) is 23.3 Å². The zero-order chi connectivity index (χ0) is 23.9. The largest absolute Gasteiger partial charge is 0.379 e. The lowest BCUT2D eigenvalue weighted by Crippen LogP contribution is -2.38. The molecule has 34 heavy (non-hydrogen) atoms. The van der Waals surface area contributed by atoms with Crippen molar-refractivity contribution in [2.24, 2.45) is 0 Å². The molecule has 1 fully saturated rings. The number of carbonyl (C=O) groups excluding carboxylic acids is 2. The number of hydrogen-bond acceptors (Lipinski definition) is 7. The van der Waals surface area contributed by atoms with Crippen molar-refractivity contribution < 1.29 is 18.7 Å². The van der Waals surface area contributed by atoms with E-state index >= 15 is 0 Å². The van der Waals surface area contributed by atoms with Gasteiger partial charge in [-0.2, -0.15) is 0 Å². The Bertz CT molecular complexity index is 1130. The predicted molar refractivity (Wildman–Crippen MR) is 128 cm³/mol. The van der Waals surface area contributed by atoms with E-state index in [1.165, 1.54) is 30.8 Å². The minimum absolute atomic E-state index is 0.0505. The van der Waals surface area contributed by atoms with Crippen LogP contribution in [-0.2, 0) is 16.1 Å². The maximum absolute atomic E-state index is 13.4. The molecule has 0 spiro atoms. The second-order valence-electron chi connectivity index (χ2n) is 7.89. The Kier molecular flexibility index (Phi) is 8.04. The fourth-order valence-corrected chi connectivity index (χ4v) is 4.49. The van der Waals surface area contributed by atoms with Gasteiger partial charge < -0.3 is 14.6 Å². The smallest absolute Gasteiger partial charge is 0.221 e. The zero-order valence-electron chi connectivity index (χ0n) is 18.9. The van der Waals surface area contributed by atoms with Gasteiger partial charge in [0.1, 0.15) is 5.82 Å². The number of anilines is 1. The van der Waals surface area contributed by atoms with Gasteiger partial charge in [0.15, 0.2) is 16.8 Å². The van der Waals surface area contributed by atoms with Crippen molar-refractivity contribution >= 4 is 29.1 Å². The van der Waals surface area contributed by atoms with Crippen LogP contribution in [-0.4, -0.2) is 70.0 Å². The molecule has 0 radical (unpaired) electrons. The van der Waals surface area contributed by atoms with Crippen LogP contribution in [0.1, 0.15) is 17.3 Å². The van der Waals surface area contributed by atoms with Crippen LogP contribution in [0.25, 0.3) is 11.4 Å². The third-order valence-corrected chi connectivity index (χ3v) is 6.39. The van der Waals surface area contributed by atoms with Crippen LogP contribution >= 0.6 is 11.8 Å². The summed E-state index contributed by atoms with van der Waals surface area (Å²) in [5.74, 6) is 0.308. The maximum atomic E-state index is 13.4. The number of nitrogens with one attached hydrogen (secondary N) is 1. The standard InChI is InChI=1S/C24H26FN5O3S/c1-17(31)26-21-8-4-18(5-9-21)22(32)16-34-24-28-27-23(19-2-6-20(25)7-3-19)30(24)11-10-29-12-14-33-15-13-29/h2-9H,10-16H2,1H3,(H,26,31). The molecule has 1 amide bonds. The third kappa shape index (κ3) is 6.28. The van der Waals surface area contributed by atoms with Crippen LogP contribution in [0.3, 0.4) is 0 Å². The van der Waals surface area contributed by atoms with Gasteiger partial charge in [-0.3, -0.25) is 14.5 Å². The number of aromatic nitrogens is 3. The molecule has 0 bridgehead atoms. The number of carbonyl (C=O) groups is 2. The number of morpholine rings is 1. The lowest BCUT2D eigenvalue weighted by molar-refractivity contribution is -0.114. The number of nitrogens with zero attached hydrogens (tertiary/aromatic N) is 4. The molecule has 1 saturated heterocycles. The van der Waals surface area contributed by atoms with E-state index in [4.69, 9.17) is 4.74 Å². The van der Waals surface area contributed by atoms with Crippen LogP contribution in [0.5, 0.6) is 0 Å². The highest BCUT2D eigenvalue weighted by Gasteiger charge is 2.18. The molecule has 1 aliphatic rings. The number of ether oxygens (including phenoxy) is 1. The van der Waals surface area contributed by atoms with Crippen LogP contribution in [0.15, 0.2) is 53.7 Å². The summed E-state index contributed by atoms with van der Waals surface area (Å²) in [6.07, 6.45) is 0. The molecule has 0 unspecified atom stereocenters. The summed E-state index contributed by atoms with van der Waals surface area (Å²) in [6.45, 7) is 6.02. The van der Waals surface area contributed by atoms with Gasteiger partial charge in [0.25, 0.3) is 0 Å². The lowest BCUT2D eigenvalue weighted by atomic mass is 10.1. The minimum Gasteiger partial charge on any atom is -0.379 e. The van der Waals surface area contributed by atoms with Gasteiger partial charge in [-0.15, -0.1) is 10.2 Å². The Balaban J connectivity index is 1.48. The number of hydrogen-bond donors (Lipinski definition) is 1. The molecule has 178 valence electrons. The van der Waals surface area contributed by atoms with E-state index < -0.39 is 0 Å². The van der Waals surface area contributed by atoms with Crippen molar-refractivity contribution in [1.29, 1.82) is 0 Å². The van der Waals surface area contributed by atoms with Gasteiger partial charge in [-0.05, 0) is 48.5 Å². The monoisotopic (exact) mass is 483 g/mol. The Morgan fingerprint density at radius 2 is 1.74 bits per heavy atom. The number of Topliss-reactive ketones (excluding diaryl/α,β-unsaturated/α-hetero) is 1. The van der Waals surface area contributed by atoms with E-state index in [9.17, 15) is 14.0 Å². The second kappa shape index (κ2) is 11.4. The third-order valence-electron chi connectivity index (χ3n) is 5.42. The highest BCUT2D eigenvalue weighted by atomic mass is 32.2. The van der Waals surface area contributed by atoms with Crippen molar-refractivity contribution in [3.05, 3.63) is 59.9 Å². The number of thioether (sulfide) groups is 1. The molecule has 10 heteroatoms. The highest BCUT2D eigenvalue weighted by molar-refractivity contribution is 7.99. The van der Waals surface area contributed by atoms with E-state index in [0.29, 0.717) is 42.0 Å².